The van der Waals surface area contributed by atoms with Crippen LogP contribution in [0.4, 0.5) is 5.69 Å². The van der Waals surface area contributed by atoms with Crippen molar-refractivity contribution in [3.05, 3.63) is 69.7 Å². The molecule has 2 amide bonds. The molecule has 0 unspecified atom stereocenters. The minimum Gasteiger partial charge on any atom is -0.366 e. The Morgan fingerprint density at radius 1 is 1.18 bits per heavy atom. The molecule has 0 aliphatic carbocycles. The maximum absolute atomic E-state index is 11.9. The Kier molecular flexibility index (Phi) is 5.12. The van der Waals surface area contributed by atoms with Crippen LogP contribution in [0.1, 0.15) is 21.5 Å². The topological polar surface area (TPSA) is 72.2 Å². The van der Waals surface area contributed by atoms with E-state index in [9.17, 15) is 9.59 Å². The number of nitrogens with two attached hydrogens (primary N) is 1. The summed E-state index contributed by atoms with van der Waals surface area (Å²) in [6, 6.07) is 12.4. The summed E-state index contributed by atoms with van der Waals surface area (Å²) >= 11 is 3.46. The van der Waals surface area contributed by atoms with Gasteiger partial charge in [-0.1, -0.05) is 34.1 Å². The van der Waals surface area contributed by atoms with Crippen LogP contribution in [-0.4, -0.2) is 11.8 Å². The van der Waals surface area contributed by atoms with Crippen LogP contribution in [0.15, 0.2) is 53.0 Å². The fraction of sp³-hybridized carbons (Fsp3) is 0.0588. The normalized spacial score (nSPS) is 10.6. The number of benzene rings is 2. The molecule has 0 fully saturated rings. The van der Waals surface area contributed by atoms with Crippen molar-refractivity contribution in [3.63, 3.8) is 0 Å². The molecular weight excluding hydrogens is 344 g/mol. The molecule has 2 aromatic rings. The molecule has 0 saturated carbocycles. The largest absolute Gasteiger partial charge is 0.366 e. The Bertz CT molecular complexity index is 754. The van der Waals surface area contributed by atoms with Crippen molar-refractivity contribution in [2.75, 3.05) is 5.32 Å². The van der Waals surface area contributed by atoms with E-state index in [1.165, 1.54) is 12.1 Å². The first kappa shape index (κ1) is 16.0. The highest BCUT2D eigenvalue weighted by Crippen LogP contribution is 2.19. The maximum Gasteiger partial charge on any atom is 0.248 e. The highest BCUT2D eigenvalue weighted by molar-refractivity contribution is 9.10. The summed E-state index contributed by atoms with van der Waals surface area (Å²) in [7, 11) is 0. The smallest absolute Gasteiger partial charge is 0.248 e. The van der Waals surface area contributed by atoms with Gasteiger partial charge in [0.2, 0.25) is 11.8 Å². The summed E-state index contributed by atoms with van der Waals surface area (Å²) in [5.41, 5.74) is 8.12. The van der Waals surface area contributed by atoms with Gasteiger partial charge in [0, 0.05) is 21.8 Å². The molecule has 3 N–H and O–H groups in total. The van der Waals surface area contributed by atoms with Crippen LogP contribution in [0, 0.1) is 6.92 Å². The number of carbonyl (C=O) groups excluding carboxylic acids is 2. The number of hydrogen-bond donors (Lipinski definition) is 2. The van der Waals surface area contributed by atoms with E-state index < -0.39 is 5.91 Å². The van der Waals surface area contributed by atoms with Gasteiger partial charge in [-0.2, -0.15) is 0 Å². The highest BCUT2D eigenvalue weighted by atomic mass is 79.9. The van der Waals surface area contributed by atoms with Crippen LogP contribution in [0.3, 0.4) is 0 Å². The molecular formula is C17H15BrN2O2. The molecule has 0 spiro atoms. The van der Waals surface area contributed by atoms with E-state index in [4.69, 9.17) is 5.73 Å². The molecule has 0 aliphatic heterocycles. The minimum absolute atomic E-state index is 0.283. The zero-order chi connectivity index (χ0) is 16.1. The fourth-order valence-corrected chi connectivity index (χ4v) is 2.49. The van der Waals surface area contributed by atoms with Gasteiger partial charge in [-0.3, -0.25) is 9.59 Å². The van der Waals surface area contributed by atoms with Crippen molar-refractivity contribution >= 4 is 39.5 Å². The molecule has 0 atom stereocenters. The van der Waals surface area contributed by atoms with E-state index >= 15 is 0 Å². The Hall–Kier alpha value is -2.40. The number of halogens is 1. The number of carbonyl (C=O) groups is 2. The molecule has 0 heterocycles. The standard InChI is InChI=1S/C17H15BrN2O2/c1-11-5-6-12(15(18)9-11)7-8-16(21)20-14-4-2-3-13(10-14)17(19)22/h2-10H,1H3,(H2,19,22)(H,20,21)/b8-7+. The van der Waals surface area contributed by atoms with Gasteiger partial charge in [0.05, 0.1) is 0 Å². The van der Waals surface area contributed by atoms with Gasteiger partial charge >= 0.3 is 0 Å². The van der Waals surface area contributed by atoms with Crippen molar-refractivity contribution < 1.29 is 9.59 Å². The zero-order valence-electron chi connectivity index (χ0n) is 12.0. The number of amides is 2. The molecule has 5 heteroatoms. The molecule has 2 rings (SSSR count). The average Bonchev–Trinajstić information content (AvgIpc) is 2.46. The molecule has 0 saturated heterocycles. The summed E-state index contributed by atoms with van der Waals surface area (Å²) in [5, 5.41) is 2.69. The first-order valence-electron chi connectivity index (χ1n) is 6.61. The van der Waals surface area contributed by atoms with Crippen LogP contribution in [0.5, 0.6) is 0 Å². The molecule has 0 aliphatic rings. The quantitative estimate of drug-likeness (QED) is 0.820. The van der Waals surface area contributed by atoms with Gasteiger partial charge in [0.1, 0.15) is 0 Å². The lowest BCUT2D eigenvalue weighted by Crippen LogP contribution is -2.12. The molecule has 2 aromatic carbocycles. The van der Waals surface area contributed by atoms with Crippen molar-refractivity contribution in [2.24, 2.45) is 5.73 Å². The van der Waals surface area contributed by atoms with Gasteiger partial charge in [-0.15, -0.1) is 0 Å². The van der Waals surface area contributed by atoms with E-state index in [1.54, 1.807) is 24.3 Å². The summed E-state index contributed by atoms with van der Waals surface area (Å²) in [6.07, 6.45) is 3.16. The van der Waals surface area contributed by atoms with Crippen molar-refractivity contribution in [3.8, 4) is 0 Å². The Labute approximate surface area is 137 Å². The lowest BCUT2D eigenvalue weighted by molar-refractivity contribution is -0.111. The Balaban J connectivity index is 2.08. The van der Waals surface area contributed by atoms with Gasteiger partial charge in [-0.25, -0.2) is 0 Å². The van der Waals surface area contributed by atoms with Crippen molar-refractivity contribution in [2.45, 2.75) is 6.92 Å². The van der Waals surface area contributed by atoms with E-state index in [1.807, 2.05) is 25.1 Å². The average molecular weight is 359 g/mol. The Morgan fingerprint density at radius 2 is 1.95 bits per heavy atom. The second kappa shape index (κ2) is 7.04. The number of nitrogens with one attached hydrogen (secondary N) is 1. The number of rotatable bonds is 4. The second-order valence-corrected chi connectivity index (χ2v) is 5.65. The fourth-order valence-electron chi connectivity index (χ4n) is 1.87. The van der Waals surface area contributed by atoms with E-state index in [0.717, 1.165) is 15.6 Å². The monoisotopic (exact) mass is 358 g/mol. The Morgan fingerprint density at radius 3 is 2.64 bits per heavy atom. The predicted octanol–water partition coefficient (Wildman–Crippen LogP) is 3.51. The first-order valence-corrected chi connectivity index (χ1v) is 7.40. The van der Waals surface area contributed by atoms with Gasteiger partial charge in [0.25, 0.3) is 0 Å². The zero-order valence-corrected chi connectivity index (χ0v) is 13.6. The third-order valence-corrected chi connectivity index (χ3v) is 3.67. The first-order chi connectivity index (χ1) is 10.5. The third-order valence-electron chi connectivity index (χ3n) is 2.98. The van der Waals surface area contributed by atoms with Gasteiger partial charge < -0.3 is 11.1 Å². The molecule has 4 nitrogen and oxygen atoms in total. The van der Waals surface area contributed by atoms with Crippen LogP contribution in [0.2, 0.25) is 0 Å². The van der Waals surface area contributed by atoms with Crippen LogP contribution in [-0.2, 0) is 4.79 Å². The van der Waals surface area contributed by atoms with Crippen molar-refractivity contribution in [1.82, 2.24) is 0 Å². The number of aryl methyl sites for hydroxylation is 1. The molecule has 0 radical (unpaired) electrons. The molecule has 0 aromatic heterocycles. The van der Waals surface area contributed by atoms with Crippen LogP contribution < -0.4 is 11.1 Å². The van der Waals surface area contributed by atoms with E-state index in [-0.39, 0.29) is 5.91 Å². The van der Waals surface area contributed by atoms with E-state index in [2.05, 4.69) is 21.2 Å². The number of primary amides is 1. The third kappa shape index (κ3) is 4.30. The predicted molar refractivity (Wildman–Crippen MR) is 91.5 cm³/mol. The van der Waals surface area contributed by atoms with Crippen LogP contribution in [0.25, 0.3) is 6.08 Å². The highest BCUT2D eigenvalue weighted by Gasteiger charge is 2.03. The SMILES string of the molecule is Cc1ccc(/C=C/C(=O)Nc2cccc(C(N)=O)c2)c(Br)c1. The number of hydrogen-bond acceptors (Lipinski definition) is 2. The molecule has 22 heavy (non-hydrogen) atoms. The minimum atomic E-state index is -0.532. The van der Waals surface area contributed by atoms with E-state index in [0.29, 0.717) is 11.3 Å². The van der Waals surface area contributed by atoms with Crippen LogP contribution >= 0.6 is 15.9 Å². The second-order valence-electron chi connectivity index (χ2n) is 4.79. The summed E-state index contributed by atoms with van der Waals surface area (Å²) < 4.78 is 0.923. The lowest BCUT2D eigenvalue weighted by Gasteiger charge is -2.04. The van der Waals surface area contributed by atoms with Gasteiger partial charge in [0.15, 0.2) is 0 Å². The summed E-state index contributed by atoms with van der Waals surface area (Å²) in [5.74, 6) is -0.815. The molecule has 0 bridgehead atoms. The summed E-state index contributed by atoms with van der Waals surface area (Å²) in [6.45, 7) is 2.00. The summed E-state index contributed by atoms with van der Waals surface area (Å²) in [4.78, 5) is 23.0. The number of anilines is 1. The van der Waals surface area contributed by atoms with Crippen molar-refractivity contribution in [1.29, 1.82) is 0 Å². The molecule has 112 valence electrons. The van der Waals surface area contributed by atoms with Gasteiger partial charge in [-0.05, 0) is 48.4 Å². The maximum atomic E-state index is 11.9. The lowest BCUT2D eigenvalue weighted by atomic mass is 10.1.